The van der Waals surface area contributed by atoms with E-state index in [0.717, 1.165) is 6.07 Å². The number of nitriles is 1. The Morgan fingerprint density at radius 3 is 2.60 bits per heavy atom. The Morgan fingerprint density at radius 1 is 1.30 bits per heavy atom. The molecule has 100 valence electrons. The smallest absolute Gasteiger partial charge is 0.335 e. The van der Waals surface area contributed by atoms with Gasteiger partial charge in [-0.25, -0.2) is 9.18 Å². The number of carboxylic acids is 1. The van der Waals surface area contributed by atoms with Crippen molar-refractivity contribution in [2.75, 3.05) is 0 Å². The molecule has 0 aliphatic heterocycles. The molecule has 0 heterocycles. The van der Waals surface area contributed by atoms with Crippen LogP contribution in [0.5, 0.6) is 11.5 Å². The summed E-state index contributed by atoms with van der Waals surface area (Å²) in [5.74, 6) is -1.46. The average Bonchev–Trinajstić information content (AvgIpc) is 2.41. The van der Waals surface area contributed by atoms with Gasteiger partial charge in [-0.2, -0.15) is 5.26 Å². The van der Waals surface area contributed by atoms with Crippen molar-refractivity contribution in [1.29, 1.82) is 5.26 Å². The zero-order chi connectivity index (χ0) is 14.7. The maximum absolute atomic E-state index is 13.4. The fourth-order valence-electron chi connectivity index (χ4n) is 1.49. The zero-order valence-corrected chi connectivity index (χ0v) is 10.7. The lowest BCUT2D eigenvalue weighted by atomic mass is 10.2. The van der Waals surface area contributed by atoms with Crippen LogP contribution in [0.15, 0.2) is 36.4 Å². The van der Waals surface area contributed by atoms with Gasteiger partial charge in [-0.15, -0.1) is 0 Å². The summed E-state index contributed by atoms with van der Waals surface area (Å²) in [6.07, 6.45) is 0. The summed E-state index contributed by atoms with van der Waals surface area (Å²) in [6, 6.07) is 9.39. The van der Waals surface area contributed by atoms with E-state index in [1.54, 1.807) is 6.07 Å². The number of ether oxygens (including phenoxy) is 1. The predicted octanol–water partition coefficient (Wildman–Crippen LogP) is 3.84. The van der Waals surface area contributed by atoms with Crippen molar-refractivity contribution >= 4 is 17.6 Å². The molecule has 0 bridgehead atoms. The van der Waals surface area contributed by atoms with E-state index in [1.165, 1.54) is 30.3 Å². The van der Waals surface area contributed by atoms with Crippen LogP contribution in [0, 0.1) is 17.1 Å². The minimum absolute atomic E-state index is 0.0216. The summed E-state index contributed by atoms with van der Waals surface area (Å²) >= 11 is 5.89. The van der Waals surface area contributed by atoms with Gasteiger partial charge in [0.1, 0.15) is 23.4 Å². The molecule has 4 nitrogen and oxygen atoms in total. The fraction of sp³-hybridized carbons (Fsp3) is 0. The van der Waals surface area contributed by atoms with Crippen molar-refractivity contribution in [2.24, 2.45) is 0 Å². The lowest BCUT2D eigenvalue weighted by molar-refractivity contribution is 0.0697. The molecular weight excluding hydrogens is 285 g/mol. The van der Waals surface area contributed by atoms with E-state index in [1.807, 2.05) is 0 Å². The van der Waals surface area contributed by atoms with E-state index in [9.17, 15) is 9.18 Å². The standard InChI is InChI=1S/C14H7ClFNO3/c15-11-5-8(14(18)19)2-4-13(11)20-10-3-1-9(7-17)12(16)6-10/h1-6H,(H,18,19). The van der Waals surface area contributed by atoms with Crippen LogP contribution in [0.2, 0.25) is 5.02 Å². The summed E-state index contributed by atoms with van der Waals surface area (Å²) in [5, 5.41) is 17.5. The van der Waals surface area contributed by atoms with Crippen molar-refractivity contribution in [2.45, 2.75) is 0 Å². The first-order valence-electron chi connectivity index (χ1n) is 5.41. The van der Waals surface area contributed by atoms with Gasteiger partial charge in [-0.05, 0) is 30.3 Å². The van der Waals surface area contributed by atoms with E-state index in [4.69, 9.17) is 26.7 Å². The normalized spacial score (nSPS) is 9.85. The number of benzene rings is 2. The molecule has 0 radical (unpaired) electrons. The van der Waals surface area contributed by atoms with Gasteiger partial charge < -0.3 is 9.84 Å². The molecule has 6 heteroatoms. The molecule has 0 saturated carbocycles. The van der Waals surface area contributed by atoms with Crippen molar-refractivity contribution in [3.05, 3.63) is 58.4 Å². The lowest BCUT2D eigenvalue weighted by Gasteiger charge is -2.08. The molecule has 1 N–H and O–H groups in total. The first-order chi connectivity index (χ1) is 9.51. The van der Waals surface area contributed by atoms with E-state index in [0.29, 0.717) is 0 Å². The van der Waals surface area contributed by atoms with Gasteiger partial charge in [0.2, 0.25) is 0 Å². The molecule has 0 atom stereocenters. The van der Waals surface area contributed by atoms with Gasteiger partial charge in [-0.1, -0.05) is 11.6 Å². The third kappa shape index (κ3) is 2.87. The number of hydrogen-bond acceptors (Lipinski definition) is 3. The summed E-state index contributed by atoms with van der Waals surface area (Å²) < 4.78 is 18.8. The first kappa shape index (κ1) is 13.8. The van der Waals surface area contributed by atoms with E-state index >= 15 is 0 Å². The number of halogens is 2. The number of aromatic carboxylic acids is 1. The summed E-state index contributed by atoms with van der Waals surface area (Å²) in [7, 11) is 0. The molecule has 0 unspecified atom stereocenters. The first-order valence-corrected chi connectivity index (χ1v) is 5.79. The molecule has 2 rings (SSSR count). The van der Waals surface area contributed by atoms with Gasteiger partial charge in [0, 0.05) is 6.07 Å². The Bertz CT molecular complexity index is 725. The molecule has 0 fully saturated rings. The van der Waals surface area contributed by atoms with Crippen LogP contribution in [-0.2, 0) is 0 Å². The highest BCUT2D eigenvalue weighted by molar-refractivity contribution is 6.32. The Balaban J connectivity index is 2.29. The van der Waals surface area contributed by atoms with Gasteiger partial charge in [0.25, 0.3) is 0 Å². The van der Waals surface area contributed by atoms with E-state index in [-0.39, 0.29) is 27.6 Å². The molecule has 0 saturated heterocycles. The largest absolute Gasteiger partial charge is 0.478 e. The minimum Gasteiger partial charge on any atom is -0.478 e. The predicted molar refractivity (Wildman–Crippen MR) is 69.6 cm³/mol. The summed E-state index contributed by atoms with van der Waals surface area (Å²) in [5.41, 5.74) is -0.0713. The number of hydrogen-bond donors (Lipinski definition) is 1. The number of carboxylic acid groups (broad SMARTS) is 1. The Kier molecular flexibility index (Phi) is 3.87. The highest BCUT2D eigenvalue weighted by Gasteiger charge is 2.10. The number of rotatable bonds is 3. The van der Waals surface area contributed by atoms with Crippen LogP contribution >= 0.6 is 11.6 Å². The van der Waals surface area contributed by atoms with Gasteiger partial charge in [0.15, 0.2) is 0 Å². The van der Waals surface area contributed by atoms with Gasteiger partial charge >= 0.3 is 5.97 Å². The molecule has 0 amide bonds. The maximum atomic E-state index is 13.4. The summed E-state index contributed by atoms with van der Waals surface area (Å²) in [6.45, 7) is 0. The van der Waals surface area contributed by atoms with Crippen LogP contribution in [0.3, 0.4) is 0 Å². The molecule has 0 aliphatic carbocycles. The Morgan fingerprint density at radius 2 is 2.05 bits per heavy atom. The molecule has 20 heavy (non-hydrogen) atoms. The van der Waals surface area contributed by atoms with Crippen LogP contribution in [-0.4, -0.2) is 11.1 Å². The monoisotopic (exact) mass is 291 g/mol. The second-order valence-corrected chi connectivity index (χ2v) is 4.21. The third-order valence-corrected chi connectivity index (χ3v) is 2.76. The Labute approximate surface area is 118 Å². The van der Waals surface area contributed by atoms with Crippen molar-refractivity contribution in [3.63, 3.8) is 0 Å². The highest BCUT2D eigenvalue weighted by Crippen LogP contribution is 2.30. The molecule has 2 aromatic rings. The van der Waals surface area contributed by atoms with Crippen LogP contribution in [0.4, 0.5) is 4.39 Å². The molecule has 0 aliphatic rings. The zero-order valence-electron chi connectivity index (χ0n) is 9.93. The van der Waals surface area contributed by atoms with Crippen LogP contribution < -0.4 is 4.74 Å². The highest BCUT2D eigenvalue weighted by atomic mass is 35.5. The SMILES string of the molecule is N#Cc1ccc(Oc2ccc(C(=O)O)cc2Cl)cc1F. The second kappa shape index (κ2) is 5.59. The quantitative estimate of drug-likeness (QED) is 0.932. The fourth-order valence-corrected chi connectivity index (χ4v) is 1.71. The Hall–Kier alpha value is -2.58. The average molecular weight is 292 g/mol. The molecule has 0 spiro atoms. The molecule has 2 aromatic carbocycles. The third-order valence-electron chi connectivity index (χ3n) is 2.47. The van der Waals surface area contributed by atoms with Crippen molar-refractivity contribution < 1.29 is 19.0 Å². The maximum Gasteiger partial charge on any atom is 0.335 e. The molecule has 0 aromatic heterocycles. The van der Waals surface area contributed by atoms with Gasteiger partial charge in [0.05, 0.1) is 16.1 Å². The second-order valence-electron chi connectivity index (χ2n) is 3.81. The van der Waals surface area contributed by atoms with Crippen LogP contribution in [0.1, 0.15) is 15.9 Å². The number of carbonyl (C=O) groups is 1. The molecular formula is C14H7ClFNO3. The van der Waals surface area contributed by atoms with Gasteiger partial charge in [-0.3, -0.25) is 0 Å². The van der Waals surface area contributed by atoms with Crippen molar-refractivity contribution in [3.8, 4) is 17.6 Å². The number of nitrogens with zero attached hydrogens (tertiary/aromatic N) is 1. The van der Waals surface area contributed by atoms with Crippen molar-refractivity contribution in [1.82, 2.24) is 0 Å². The van der Waals surface area contributed by atoms with E-state index in [2.05, 4.69) is 0 Å². The minimum atomic E-state index is -1.11. The summed E-state index contributed by atoms with van der Waals surface area (Å²) in [4.78, 5) is 10.8. The lowest BCUT2D eigenvalue weighted by Crippen LogP contribution is -1.96. The van der Waals surface area contributed by atoms with Crippen LogP contribution in [0.25, 0.3) is 0 Å². The van der Waals surface area contributed by atoms with E-state index < -0.39 is 11.8 Å². The topological polar surface area (TPSA) is 70.3 Å².